The second-order valence-electron chi connectivity index (χ2n) is 3.81. The van der Waals surface area contributed by atoms with Crippen molar-refractivity contribution >= 4 is 33.3 Å². The Morgan fingerprint density at radius 3 is 2.68 bits per heavy atom. The van der Waals surface area contributed by atoms with Crippen LogP contribution in [-0.4, -0.2) is 9.97 Å². The van der Waals surface area contributed by atoms with Gasteiger partial charge in [0.25, 0.3) is 0 Å². The lowest BCUT2D eigenvalue weighted by molar-refractivity contribution is 0.581. The van der Waals surface area contributed by atoms with Crippen LogP contribution >= 0.6 is 15.9 Å². The molecule has 3 N–H and O–H groups in total. The molecule has 0 aliphatic rings. The number of rotatable bonds is 3. The van der Waals surface area contributed by atoms with Crippen molar-refractivity contribution in [2.75, 3.05) is 11.1 Å². The third-order valence-corrected chi connectivity index (χ3v) is 3.20. The topological polar surface area (TPSA) is 63.8 Å². The molecule has 0 unspecified atom stereocenters. The Morgan fingerprint density at radius 2 is 2.00 bits per heavy atom. The third kappa shape index (κ3) is 2.81. The van der Waals surface area contributed by atoms with E-state index in [1.54, 1.807) is 0 Å². The summed E-state index contributed by atoms with van der Waals surface area (Å²) >= 11 is 3.00. The molecule has 0 saturated heterocycles. The van der Waals surface area contributed by atoms with E-state index in [9.17, 15) is 8.78 Å². The SMILES string of the molecule is CCc1c(N)ncnc1Nc1cc(Br)c(F)cc1F. The molecular formula is C12H11BrF2N4. The van der Waals surface area contributed by atoms with Gasteiger partial charge in [-0.2, -0.15) is 0 Å². The first-order valence-electron chi connectivity index (χ1n) is 5.53. The number of anilines is 3. The molecule has 0 radical (unpaired) electrons. The highest BCUT2D eigenvalue weighted by Gasteiger charge is 2.12. The van der Waals surface area contributed by atoms with Gasteiger partial charge in [0.2, 0.25) is 0 Å². The number of hydrogen-bond donors (Lipinski definition) is 2. The summed E-state index contributed by atoms with van der Waals surface area (Å²) in [5, 5.41) is 2.80. The fraction of sp³-hybridized carbons (Fsp3) is 0.167. The van der Waals surface area contributed by atoms with Gasteiger partial charge >= 0.3 is 0 Å². The second-order valence-corrected chi connectivity index (χ2v) is 4.67. The van der Waals surface area contributed by atoms with Gasteiger partial charge in [-0.3, -0.25) is 0 Å². The molecule has 2 aromatic rings. The van der Waals surface area contributed by atoms with Gasteiger partial charge in [-0.1, -0.05) is 6.92 Å². The Bertz CT molecular complexity index is 619. The summed E-state index contributed by atoms with van der Waals surface area (Å²) in [5.41, 5.74) is 6.52. The fourth-order valence-corrected chi connectivity index (χ4v) is 1.97. The summed E-state index contributed by atoms with van der Waals surface area (Å²) in [4.78, 5) is 7.89. The van der Waals surface area contributed by atoms with Crippen LogP contribution < -0.4 is 11.1 Å². The van der Waals surface area contributed by atoms with E-state index in [0.29, 0.717) is 23.6 Å². The lowest BCUT2D eigenvalue weighted by atomic mass is 10.2. The van der Waals surface area contributed by atoms with Crippen molar-refractivity contribution in [1.82, 2.24) is 9.97 Å². The van der Waals surface area contributed by atoms with Crippen LogP contribution in [0, 0.1) is 11.6 Å². The molecule has 0 spiro atoms. The Kier molecular flexibility index (Phi) is 3.94. The molecule has 0 aliphatic heterocycles. The number of hydrogen-bond acceptors (Lipinski definition) is 4. The molecular weight excluding hydrogens is 318 g/mol. The second kappa shape index (κ2) is 5.48. The van der Waals surface area contributed by atoms with Gasteiger partial charge in [0.05, 0.1) is 10.2 Å². The van der Waals surface area contributed by atoms with E-state index >= 15 is 0 Å². The minimum atomic E-state index is -0.708. The van der Waals surface area contributed by atoms with Gasteiger partial charge in [0, 0.05) is 11.6 Å². The molecule has 0 bridgehead atoms. The van der Waals surface area contributed by atoms with E-state index in [2.05, 4.69) is 31.2 Å². The molecule has 0 atom stereocenters. The number of halogens is 3. The number of aromatic nitrogens is 2. The first kappa shape index (κ1) is 13.7. The number of nitrogen functional groups attached to an aromatic ring is 1. The molecule has 0 amide bonds. The Hall–Kier alpha value is -1.76. The van der Waals surface area contributed by atoms with Crippen LogP contribution in [0.25, 0.3) is 0 Å². The van der Waals surface area contributed by atoms with E-state index < -0.39 is 11.6 Å². The van der Waals surface area contributed by atoms with Crippen LogP contribution in [0.3, 0.4) is 0 Å². The zero-order valence-electron chi connectivity index (χ0n) is 10.0. The van der Waals surface area contributed by atoms with Gasteiger partial charge in [0.15, 0.2) is 0 Å². The smallest absolute Gasteiger partial charge is 0.149 e. The van der Waals surface area contributed by atoms with Crippen LogP contribution in [0.1, 0.15) is 12.5 Å². The molecule has 100 valence electrons. The summed E-state index contributed by atoms with van der Waals surface area (Å²) in [7, 11) is 0. The minimum absolute atomic E-state index is 0.112. The number of nitrogens with one attached hydrogen (secondary N) is 1. The van der Waals surface area contributed by atoms with Crippen molar-refractivity contribution in [2.24, 2.45) is 0 Å². The summed E-state index contributed by atoms with van der Waals surface area (Å²) in [6.07, 6.45) is 1.88. The zero-order valence-corrected chi connectivity index (χ0v) is 11.6. The molecule has 4 nitrogen and oxygen atoms in total. The van der Waals surface area contributed by atoms with E-state index in [0.717, 1.165) is 6.07 Å². The van der Waals surface area contributed by atoms with Crippen molar-refractivity contribution in [1.29, 1.82) is 0 Å². The first-order chi connectivity index (χ1) is 9.02. The fourth-order valence-electron chi connectivity index (χ4n) is 1.63. The first-order valence-corrected chi connectivity index (χ1v) is 6.33. The molecule has 1 aromatic heterocycles. The normalized spacial score (nSPS) is 10.5. The molecule has 1 aromatic carbocycles. The highest BCUT2D eigenvalue weighted by atomic mass is 79.9. The van der Waals surface area contributed by atoms with Crippen LogP contribution in [0.5, 0.6) is 0 Å². The number of nitrogens with two attached hydrogens (primary N) is 1. The van der Waals surface area contributed by atoms with Crippen molar-refractivity contribution in [3.05, 3.63) is 40.1 Å². The number of benzene rings is 1. The molecule has 1 heterocycles. The minimum Gasteiger partial charge on any atom is -0.383 e. The predicted octanol–water partition coefficient (Wildman–Crippen LogP) is 3.41. The third-order valence-electron chi connectivity index (χ3n) is 2.60. The maximum absolute atomic E-state index is 13.7. The van der Waals surface area contributed by atoms with Crippen molar-refractivity contribution in [2.45, 2.75) is 13.3 Å². The molecule has 0 aliphatic carbocycles. The monoisotopic (exact) mass is 328 g/mol. The van der Waals surface area contributed by atoms with E-state index in [-0.39, 0.29) is 10.2 Å². The molecule has 7 heteroatoms. The van der Waals surface area contributed by atoms with Crippen LogP contribution in [-0.2, 0) is 6.42 Å². The van der Waals surface area contributed by atoms with Gasteiger partial charge in [-0.15, -0.1) is 0 Å². The van der Waals surface area contributed by atoms with Gasteiger partial charge in [0.1, 0.15) is 29.6 Å². The standard InChI is InChI=1S/C12H11BrF2N4/c1-2-6-11(16)17-5-18-12(6)19-10-3-7(13)8(14)4-9(10)15/h3-5H,2H2,1H3,(H3,16,17,18,19). The Labute approximate surface area is 117 Å². The average molecular weight is 329 g/mol. The average Bonchev–Trinajstić information content (AvgIpc) is 2.36. The highest BCUT2D eigenvalue weighted by Crippen LogP contribution is 2.28. The highest BCUT2D eigenvalue weighted by molar-refractivity contribution is 9.10. The largest absolute Gasteiger partial charge is 0.383 e. The van der Waals surface area contributed by atoms with Crippen molar-refractivity contribution < 1.29 is 8.78 Å². The predicted molar refractivity (Wildman–Crippen MR) is 73.2 cm³/mol. The van der Waals surface area contributed by atoms with E-state index in [4.69, 9.17) is 5.73 Å². The Balaban J connectivity index is 2.42. The molecule has 0 saturated carbocycles. The maximum atomic E-state index is 13.7. The summed E-state index contributed by atoms with van der Waals surface area (Å²) in [6.45, 7) is 1.89. The Morgan fingerprint density at radius 1 is 1.26 bits per heavy atom. The van der Waals surface area contributed by atoms with Gasteiger partial charge in [-0.25, -0.2) is 18.7 Å². The maximum Gasteiger partial charge on any atom is 0.149 e. The summed E-state index contributed by atoms with van der Waals surface area (Å²) < 4.78 is 27.0. The van der Waals surface area contributed by atoms with Crippen LogP contribution in [0.4, 0.5) is 26.1 Å². The van der Waals surface area contributed by atoms with Gasteiger partial charge < -0.3 is 11.1 Å². The van der Waals surface area contributed by atoms with Crippen LogP contribution in [0.2, 0.25) is 0 Å². The zero-order chi connectivity index (χ0) is 14.0. The molecule has 2 rings (SSSR count). The quantitative estimate of drug-likeness (QED) is 0.847. The lowest BCUT2D eigenvalue weighted by Crippen LogP contribution is -2.05. The summed E-state index contributed by atoms with van der Waals surface area (Å²) in [5.74, 6) is -0.630. The number of nitrogens with zero attached hydrogens (tertiary/aromatic N) is 2. The molecule has 0 fully saturated rings. The van der Waals surface area contributed by atoms with Crippen molar-refractivity contribution in [3.8, 4) is 0 Å². The van der Waals surface area contributed by atoms with E-state index in [1.165, 1.54) is 12.4 Å². The van der Waals surface area contributed by atoms with Crippen molar-refractivity contribution in [3.63, 3.8) is 0 Å². The van der Waals surface area contributed by atoms with Crippen LogP contribution in [0.15, 0.2) is 22.9 Å². The van der Waals surface area contributed by atoms with Gasteiger partial charge in [-0.05, 0) is 28.4 Å². The molecule has 19 heavy (non-hydrogen) atoms. The lowest BCUT2D eigenvalue weighted by Gasteiger charge is -2.12. The van der Waals surface area contributed by atoms with E-state index in [1.807, 2.05) is 6.92 Å². The summed E-state index contributed by atoms with van der Waals surface area (Å²) in [6, 6.07) is 2.10.